The van der Waals surface area contributed by atoms with Gasteiger partial charge in [0.15, 0.2) is 0 Å². The summed E-state index contributed by atoms with van der Waals surface area (Å²) < 4.78 is 7.35. The number of rotatable bonds is 3. The molecule has 0 amide bonds. The summed E-state index contributed by atoms with van der Waals surface area (Å²) in [5.41, 5.74) is 0.911. The van der Waals surface area contributed by atoms with Crippen molar-refractivity contribution < 1.29 is 4.74 Å². The molecule has 0 unspecified atom stereocenters. The monoisotopic (exact) mass is 284 g/mol. The molecule has 0 saturated carbocycles. The Kier molecular flexibility index (Phi) is 3.30. The molecule has 3 aromatic rings. The molecule has 0 aliphatic carbocycles. The summed E-state index contributed by atoms with van der Waals surface area (Å²) >= 11 is 5.06. The first-order chi connectivity index (χ1) is 9.79. The molecule has 100 valence electrons. The first-order valence-electron chi connectivity index (χ1n) is 6.02. The second kappa shape index (κ2) is 5.26. The van der Waals surface area contributed by atoms with Crippen molar-refractivity contribution in [2.45, 2.75) is 0 Å². The Morgan fingerprint density at radius 3 is 2.90 bits per heavy atom. The first-order valence-corrected chi connectivity index (χ1v) is 6.42. The molecule has 0 atom stereocenters. The van der Waals surface area contributed by atoms with Crippen molar-refractivity contribution in [2.75, 3.05) is 7.11 Å². The minimum Gasteiger partial charge on any atom is -0.496 e. The van der Waals surface area contributed by atoms with E-state index in [1.54, 1.807) is 13.3 Å². The van der Waals surface area contributed by atoms with Crippen LogP contribution in [0.2, 0.25) is 0 Å². The Labute approximate surface area is 120 Å². The van der Waals surface area contributed by atoms with Gasteiger partial charge >= 0.3 is 0 Å². The minimum absolute atomic E-state index is 0.445. The molecule has 6 heteroatoms. The van der Waals surface area contributed by atoms with Crippen LogP contribution in [0.4, 0.5) is 0 Å². The fraction of sp³-hybridized carbons (Fsp3) is 0.0714. The van der Waals surface area contributed by atoms with Crippen LogP contribution in [-0.4, -0.2) is 28.2 Å². The van der Waals surface area contributed by atoms with Gasteiger partial charge in [-0.2, -0.15) is 14.9 Å². The molecule has 2 aromatic carbocycles. The quantitative estimate of drug-likeness (QED) is 0.594. The number of hydrogen-bond acceptors (Lipinski definition) is 4. The van der Waals surface area contributed by atoms with Crippen LogP contribution in [0.25, 0.3) is 10.8 Å². The second-order valence-electron chi connectivity index (χ2n) is 4.15. The molecule has 3 rings (SSSR count). The predicted molar refractivity (Wildman–Crippen MR) is 80.9 cm³/mol. The molecule has 0 radical (unpaired) electrons. The van der Waals surface area contributed by atoms with Gasteiger partial charge in [-0.1, -0.05) is 30.3 Å². The maximum atomic E-state index is 5.40. The van der Waals surface area contributed by atoms with Crippen LogP contribution in [0, 0.1) is 4.77 Å². The van der Waals surface area contributed by atoms with Gasteiger partial charge in [-0.3, -0.25) is 5.10 Å². The molecule has 0 fully saturated rings. The van der Waals surface area contributed by atoms with Crippen LogP contribution in [0.1, 0.15) is 5.56 Å². The predicted octanol–water partition coefficient (Wildman–Crippen LogP) is 2.98. The summed E-state index contributed by atoms with van der Waals surface area (Å²) in [5, 5.41) is 13.0. The molecule has 1 aromatic heterocycles. The van der Waals surface area contributed by atoms with Gasteiger partial charge in [0.2, 0.25) is 4.77 Å². The molecule has 1 heterocycles. The van der Waals surface area contributed by atoms with E-state index in [-0.39, 0.29) is 0 Å². The number of H-pyrrole nitrogens is 1. The van der Waals surface area contributed by atoms with Crippen LogP contribution in [0.3, 0.4) is 0 Å². The van der Waals surface area contributed by atoms with Crippen LogP contribution >= 0.6 is 12.2 Å². The van der Waals surface area contributed by atoms with Crippen molar-refractivity contribution in [2.24, 2.45) is 5.10 Å². The van der Waals surface area contributed by atoms with E-state index in [0.717, 1.165) is 22.1 Å². The number of methoxy groups -OCH3 is 1. The number of fused-ring (bicyclic) bond motifs is 1. The molecule has 1 N–H and O–H groups in total. The SMILES string of the molecule is COc1ccc2ccccc2c1C=Nn1cn[nH]c1=S. The van der Waals surface area contributed by atoms with Crippen molar-refractivity contribution in [3.8, 4) is 5.75 Å². The van der Waals surface area contributed by atoms with E-state index in [0.29, 0.717) is 4.77 Å². The van der Waals surface area contributed by atoms with Crippen LogP contribution in [0.15, 0.2) is 47.8 Å². The standard InChI is InChI=1S/C14H12N4OS/c1-19-13-7-6-10-4-2-3-5-11(10)12(13)8-16-18-9-15-17-14(18)20/h2-9H,1H3,(H,17,20). The fourth-order valence-electron chi connectivity index (χ4n) is 2.03. The highest BCUT2D eigenvalue weighted by Gasteiger charge is 2.05. The van der Waals surface area contributed by atoms with Gasteiger partial charge in [-0.15, -0.1) is 0 Å². The topological polar surface area (TPSA) is 55.2 Å². The number of aromatic nitrogens is 3. The number of hydrogen-bond donors (Lipinski definition) is 1. The summed E-state index contributed by atoms with van der Waals surface area (Å²) in [5.74, 6) is 0.766. The third-order valence-corrected chi connectivity index (χ3v) is 3.28. The fourth-order valence-corrected chi connectivity index (χ4v) is 2.18. The normalized spacial score (nSPS) is 11.2. The Hall–Kier alpha value is -2.47. The zero-order valence-electron chi connectivity index (χ0n) is 10.8. The van der Waals surface area contributed by atoms with E-state index >= 15 is 0 Å². The Morgan fingerprint density at radius 2 is 2.15 bits per heavy atom. The van der Waals surface area contributed by atoms with E-state index in [9.17, 15) is 0 Å². The van der Waals surface area contributed by atoms with E-state index in [1.165, 1.54) is 11.0 Å². The third kappa shape index (κ3) is 2.21. The van der Waals surface area contributed by atoms with Crippen molar-refractivity contribution in [3.05, 3.63) is 53.1 Å². The summed E-state index contributed by atoms with van der Waals surface area (Å²) in [4.78, 5) is 0. The molecule has 0 aliphatic rings. The van der Waals surface area contributed by atoms with Crippen molar-refractivity contribution in [3.63, 3.8) is 0 Å². The highest BCUT2D eigenvalue weighted by molar-refractivity contribution is 7.71. The smallest absolute Gasteiger partial charge is 0.216 e. The van der Waals surface area contributed by atoms with Crippen LogP contribution < -0.4 is 4.74 Å². The maximum Gasteiger partial charge on any atom is 0.216 e. The van der Waals surface area contributed by atoms with E-state index in [4.69, 9.17) is 17.0 Å². The molecule has 0 spiro atoms. The molecule has 0 saturated heterocycles. The lowest BCUT2D eigenvalue weighted by atomic mass is 10.0. The summed E-state index contributed by atoms with van der Waals surface area (Å²) in [7, 11) is 1.64. The average molecular weight is 284 g/mol. The van der Waals surface area contributed by atoms with E-state index in [1.807, 2.05) is 30.3 Å². The van der Waals surface area contributed by atoms with Crippen molar-refractivity contribution in [1.29, 1.82) is 0 Å². The average Bonchev–Trinajstić information content (AvgIpc) is 2.90. The lowest BCUT2D eigenvalue weighted by Gasteiger charge is -2.08. The van der Waals surface area contributed by atoms with E-state index in [2.05, 4.69) is 21.4 Å². The maximum absolute atomic E-state index is 5.40. The summed E-state index contributed by atoms with van der Waals surface area (Å²) in [6.07, 6.45) is 3.25. The molecule has 0 bridgehead atoms. The number of benzene rings is 2. The van der Waals surface area contributed by atoms with Gasteiger partial charge < -0.3 is 4.74 Å². The number of ether oxygens (including phenoxy) is 1. The first kappa shape index (κ1) is 12.6. The van der Waals surface area contributed by atoms with Gasteiger partial charge in [-0.25, -0.2) is 0 Å². The van der Waals surface area contributed by atoms with E-state index < -0.39 is 0 Å². The van der Waals surface area contributed by atoms with Crippen LogP contribution in [0.5, 0.6) is 5.75 Å². The van der Waals surface area contributed by atoms with Crippen molar-refractivity contribution >= 4 is 29.2 Å². The zero-order chi connectivity index (χ0) is 13.9. The zero-order valence-corrected chi connectivity index (χ0v) is 11.6. The second-order valence-corrected chi connectivity index (χ2v) is 4.54. The third-order valence-electron chi connectivity index (χ3n) is 3.00. The highest BCUT2D eigenvalue weighted by atomic mass is 32.1. The lowest BCUT2D eigenvalue weighted by Crippen LogP contribution is -1.95. The minimum atomic E-state index is 0.445. The molecule has 20 heavy (non-hydrogen) atoms. The van der Waals surface area contributed by atoms with Crippen molar-refractivity contribution in [1.82, 2.24) is 14.9 Å². The molecular formula is C14H12N4OS. The Morgan fingerprint density at radius 1 is 1.30 bits per heavy atom. The number of aromatic amines is 1. The van der Waals surface area contributed by atoms with Gasteiger partial charge in [0.05, 0.1) is 13.3 Å². The molecule has 5 nitrogen and oxygen atoms in total. The number of nitrogens with zero attached hydrogens (tertiary/aromatic N) is 3. The van der Waals surface area contributed by atoms with Gasteiger partial charge in [0.25, 0.3) is 0 Å². The lowest BCUT2D eigenvalue weighted by molar-refractivity contribution is 0.415. The molecule has 0 aliphatic heterocycles. The Bertz CT molecular complexity index is 834. The largest absolute Gasteiger partial charge is 0.496 e. The highest BCUT2D eigenvalue weighted by Crippen LogP contribution is 2.26. The summed E-state index contributed by atoms with van der Waals surface area (Å²) in [6.45, 7) is 0. The Balaban J connectivity index is 2.16. The van der Waals surface area contributed by atoms with Crippen LogP contribution in [-0.2, 0) is 0 Å². The summed E-state index contributed by atoms with van der Waals surface area (Å²) in [6, 6.07) is 12.0. The van der Waals surface area contributed by atoms with Gasteiger partial charge in [0, 0.05) is 5.56 Å². The number of nitrogens with one attached hydrogen (secondary N) is 1. The van der Waals surface area contributed by atoms with Gasteiger partial charge in [-0.05, 0) is 29.1 Å². The van der Waals surface area contributed by atoms with Gasteiger partial charge in [0.1, 0.15) is 12.1 Å². The molecular weight excluding hydrogens is 272 g/mol.